The Balaban J connectivity index is 2.10. The van der Waals surface area contributed by atoms with Crippen molar-refractivity contribution < 1.29 is 0 Å². The first-order valence-corrected chi connectivity index (χ1v) is 6.14. The molecule has 0 spiro atoms. The first kappa shape index (κ1) is 10.8. The normalized spacial score (nSPS) is 10.5. The van der Waals surface area contributed by atoms with Crippen molar-refractivity contribution in [1.29, 1.82) is 0 Å². The molecule has 0 aliphatic rings. The lowest BCUT2D eigenvalue weighted by atomic mass is 9.99. The molecule has 0 saturated heterocycles. The quantitative estimate of drug-likeness (QED) is 0.662. The summed E-state index contributed by atoms with van der Waals surface area (Å²) in [6.07, 6.45) is 4.12. The van der Waals surface area contributed by atoms with Gasteiger partial charge < -0.3 is 4.98 Å². The van der Waals surface area contributed by atoms with E-state index >= 15 is 0 Å². The fourth-order valence-electron chi connectivity index (χ4n) is 2.19. The highest BCUT2D eigenvalue weighted by molar-refractivity contribution is 5.83. The maximum Gasteiger partial charge on any atom is 0.00906 e. The van der Waals surface area contributed by atoms with Crippen LogP contribution in [0.5, 0.6) is 0 Å². The van der Waals surface area contributed by atoms with Crippen molar-refractivity contribution in [2.24, 2.45) is 0 Å². The molecule has 1 heteroatoms. The summed E-state index contributed by atoms with van der Waals surface area (Å²) in [6.45, 7) is 2.11. The Morgan fingerprint density at radius 3 is 1.83 bits per heavy atom. The minimum absolute atomic E-state index is 1.24. The number of aryl methyl sites for hydroxylation is 1. The zero-order chi connectivity index (χ0) is 12.4. The Labute approximate surface area is 107 Å². The van der Waals surface area contributed by atoms with E-state index in [0.29, 0.717) is 0 Å². The van der Waals surface area contributed by atoms with Gasteiger partial charge in [-0.05, 0) is 18.1 Å². The van der Waals surface area contributed by atoms with Crippen molar-refractivity contribution in [3.8, 4) is 22.3 Å². The van der Waals surface area contributed by atoms with Gasteiger partial charge in [0.05, 0.1) is 0 Å². The van der Waals surface area contributed by atoms with Crippen LogP contribution in [0.3, 0.4) is 0 Å². The molecule has 2 aromatic carbocycles. The van der Waals surface area contributed by atoms with Gasteiger partial charge in [-0.25, -0.2) is 0 Å². The maximum absolute atomic E-state index is 3.21. The first-order valence-electron chi connectivity index (χ1n) is 6.14. The molecule has 1 aromatic heterocycles. The third-order valence-electron chi connectivity index (χ3n) is 3.19. The van der Waals surface area contributed by atoms with E-state index in [0.717, 1.165) is 0 Å². The standard InChI is InChI=1S/C17H15N/c1-13-7-9-15(10-8-13)17-12-18-11-16(17)14-5-3-2-4-6-14/h2-12,18H,1H3. The van der Waals surface area contributed by atoms with Crippen molar-refractivity contribution in [1.82, 2.24) is 4.98 Å². The zero-order valence-corrected chi connectivity index (χ0v) is 10.4. The Morgan fingerprint density at radius 1 is 0.667 bits per heavy atom. The Kier molecular flexibility index (Phi) is 2.73. The molecular weight excluding hydrogens is 218 g/mol. The fraction of sp³-hybridized carbons (Fsp3) is 0.0588. The zero-order valence-electron chi connectivity index (χ0n) is 10.4. The molecular formula is C17H15N. The van der Waals surface area contributed by atoms with Gasteiger partial charge in [0.1, 0.15) is 0 Å². The Morgan fingerprint density at radius 2 is 1.22 bits per heavy atom. The summed E-state index contributed by atoms with van der Waals surface area (Å²) >= 11 is 0. The lowest BCUT2D eigenvalue weighted by molar-refractivity contribution is 1.41. The summed E-state index contributed by atoms with van der Waals surface area (Å²) in [6, 6.07) is 19.1. The summed E-state index contributed by atoms with van der Waals surface area (Å²) in [7, 11) is 0. The number of hydrogen-bond donors (Lipinski definition) is 1. The molecule has 0 unspecified atom stereocenters. The molecule has 3 aromatic rings. The van der Waals surface area contributed by atoms with E-state index in [1.54, 1.807) is 0 Å². The van der Waals surface area contributed by atoms with Crippen molar-refractivity contribution in [3.05, 3.63) is 72.6 Å². The SMILES string of the molecule is Cc1ccc(-c2c[nH]cc2-c2ccccc2)cc1. The molecule has 1 heterocycles. The molecule has 88 valence electrons. The molecule has 1 nitrogen and oxygen atoms in total. The van der Waals surface area contributed by atoms with Gasteiger partial charge in [-0.15, -0.1) is 0 Å². The van der Waals surface area contributed by atoms with Crippen LogP contribution in [0, 0.1) is 6.92 Å². The topological polar surface area (TPSA) is 15.8 Å². The average molecular weight is 233 g/mol. The molecule has 0 atom stereocenters. The molecule has 0 aliphatic carbocycles. The van der Waals surface area contributed by atoms with Crippen LogP contribution >= 0.6 is 0 Å². The van der Waals surface area contributed by atoms with Crippen LogP contribution in [0.15, 0.2) is 67.0 Å². The van der Waals surface area contributed by atoms with E-state index in [-0.39, 0.29) is 0 Å². The molecule has 0 radical (unpaired) electrons. The van der Waals surface area contributed by atoms with Gasteiger partial charge >= 0.3 is 0 Å². The number of nitrogens with one attached hydrogen (secondary N) is 1. The van der Waals surface area contributed by atoms with Crippen LogP contribution in [-0.2, 0) is 0 Å². The summed E-state index contributed by atoms with van der Waals surface area (Å²) in [4.78, 5) is 3.21. The van der Waals surface area contributed by atoms with E-state index in [2.05, 4.69) is 72.8 Å². The van der Waals surface area contributed by atoms with Crippen LogP contribution in [0.1, 0.15) is 5.56 Å². The van der Waals surface area contributed by atoms with E-state index in [4.69, 9.17) is 0 Å². The third-order valence-corrected chi connectivity index (χ3v) is 3.19. The van der Waals surface area contributed by atoms with E-state index < -0.39 is 0 Å². The van der Waals surface area contributed by atoms with Gasteiger partial charge in [0, 0.05) is 23.5 Å². The van der Waals surface area contributed by atoms with Crippen molar-refractivity contribution in [3.63, 3.8) is 0 Å². The van der Waals surface area contributed by atoms with Crippen LogP contribution in [0.4, 0.5) is 0 Å². The number of H-pyrrole nitrogens is 1. The molecule has 0 fully saturated rings. The summed E-state index contributed by atoms with van der Waals surface area (Å²) < 4.78 is 0. The third kappa shape index (κ3) is 1.95. The van der Waals surface area contributed by atoms with Crippen molar-refractivity contribution in [2.45, 2.75) is 6.92 Å². The smallest absolute Gasteiger partial charge is 0.00906 e. The highest BCUT2D eigenvalue weighted by atomic mass is 14.6. The summed E-state index contributed by atoms with van der Waals surface area (Å²) in [5.74, 6) is 0. The molecule has 18 heavy (non-hydrogen) atoms. The number of hydrogen-bond acceptors (Lipinski definition) is 0. The number of rotatable bonds is 2. The van der Waals surface area contributed by atoms with E-state index in [1.807, 2.05) is 6.07 Å². The second kappa shape index (κ2) is 4.53. The Bertz CT molecular complexity index is 633. The van der Waals surface area contributed by atoms with Crippen molar-refractivity contribution in [2.75, 3.05) is 0 Å². The minimum atomic E-state index is 1.24. The van der Waals surface area contributed by atoms with Crippen LogP contribution in [-0.4, -0.2) is 4.98 Å². The highest BCUT2D eigenvalue weighted by Gasteiger charge is 2.07. The largest absolute Gasteiger partial charge is 0.366 e. The monoisotopic (exact) mass is 233 g/mol. The Hall–Kier alpha value is -2.28. The van der Waals surface area contributed by atoms with Gasteiger partial charge in [0.25, 0.3) is 0 Å². The van der Waals surface area contributed by atoms with E-state index in [1.165, 1.54) is 27.8 Å². The van der Waals surface area contributed by atoms with E-state index in [9.17, 15) is 0 Å². The molecule has 1 N–H and O–H groups in total. The maximum atomic E-state index is 3.21. The first-order chi connectivity index (χ1) is 8.84. The van der Waals surface area contributed by atoms with Gasteiger partial charge in [0.15, 0.2) is 0 Å². The minimum Gasteiger partial charge on any atom is -0.366 e. The van der Waals surface area contributed by atoms with Gasteiger partial charge in [0.2, 0.25) is 0 Å². The molecule has 0 aliphatic heterocycles. The lowest BCUT2D eigenvalue weighted by Gasteiger charge is -2.04. The number of aromatic nitrogens is 1. The highest BCUT2D eigenvalue weighted by Crippen LogP contribution is 2.31. The lowest BCUT2D eigenvalue weighted by Crippen LogP contribution is -1.80. The summed E-state index contributed by atoms with van der Waals surface area (Å²) in [5.41, 5.74) is 6.28. The van der Waals surface area contributed by atoms with Crippen LogP contribution < -0.4 is 0 Å². The second-order valence-corrected chi connectivity index (χ2v) is 4.51. The predicted molar refractivity (Wildman–Crippen MR) is 76.4 cm³/mol. The van der Waals surface area contributed by atoms with Crippen LogP contribution in [0.2, 0.25) is 0 Å². The van der Waals surface area contributed by atoms with Gasteiger partial charge in [-0.2, -0.15) is 0 Å². The second-order valence-electron chi connectivity index (χ2n) is 4.51. The number of aromatic amines is 1. The molecule has 3 rings (SSSR count). The predicted octanol–water partition coefficient (Wildman–Crippen LogP) is 4.66. The van der Waals surface area contributed by atoms with Gasteiger partial charge in [-0.3, -0.25) is 0 Å². The van der Waals surface area contributed by atoms with Crippen LogP contribution in [0.25, 0.3) is 22.3 Å². The fourth-order valence-corrected chi connectivity index (χ4v) is 2.19. The average Bonchev–Trinajstić information content (AvgIpc) is 2.90. The van der Waals surface area contributed by atoms with Crippen molar-refractivity contribution >= 4 is 0 Å². The number of benzene rings is 2. The molecule has 0 amide bonds. The molecule has 0 saturated carbocycles. The molecule has 0 bridgehead atoms. The van der Waals surface area contributed by atoms with Gasteiger partial charge in [-0.1, -0.05) is 60.2 Å². The summed E-state index contributed by atoms with van der Waals surface area (Å²) in [5, 5.41) is 0.